The average molecular weight is 356 g/mol. The zero-order valence-electron chi connectivity index (χ0n) is 15.2. The molecule has 0 amide bonds. The monoisotopic (exact) mass is 356 g/mol. The van der Waals surface area contributed by atoms with Crippen molar-refractivity contribution in [2.24, 2.45) is 11.8 Å². The third-order valence-corrected chi connectivity index (χ3v) is 5.27. The van der Waals surface area contributed by atoms with E-state index in [9.17, 15) is 14.6 Å². The zero-order valence-corrected chi connectivity index (χ0v) is 15.2. The van der Waals surface area contributed by atoms with Crippen LogP contribution in [0.3, 0.4) is 0 Å². The molecule has 0 aromatic heterocycles. The third kappa shape index (κ3) is 5.80. The number of unbranched alkanes of at least 4 members (excludes halogenated alkanes) is 3. The second-order valence-electron chi connectivity index (χ2n) is 7.32. The molecule has 6 atom stereocenters. The number of hydrogen-bond donors (Lipinski definition) is 3. The second kappa shape index (κ2) is 10.3. The first-order chi connectivity index (χ1) is 12.1. The lowest BCUT2D eigenvalue weighted by molar-refractivity contribution is 0.0794. The van der Waals surface area contributed by atoms with Gasteiger partial charge in [0.15, 0.2) is 6.17 Å². The van der Waals surface area contributed by atoms with Crippen molar-refractivity contribution >= 4 is 0 Å². The molecular formula is C20H33FO4. The molecule has 0 bridgehead atoms. The summed E-state index contributed by atoms with van der Waals surface area (Å²) in [4.78, 5) is 0. The maximum absolute atomic E-state index is 14.3. The van der Waals surface area contributed by atoms with E-state index in [1.807, 2.05) is 12.2 Å². The normalized spacial score (nSPS) is 31.0. The maximum atomic E-state index is 14.3. The van der Waals surface area contributed by atoms with Crippen LogP contribution in [-0.2, 0) is 4.74 Å². The molecule has 2 rings (SSSR count). The highest BCUT2D eigenvalue weighted by Gasteiger charge is 2.46. The Hall–Kier alpha value is -0.910. The van der Waals surface area contributed by atoms with E-state index in [4.69, 9.17) is 9.84 Å². The van der Waals surface area contributed by atoms with Crippen LogP contribution in [0.4, 0.5) is 4.39 Å². The Morgan fingerprint density at radius 2 is 2.04 bits per heavy atom. The van der Waals surface area contributed by atoms with Gasteiger partial charge in [0.1, 0.15) is 11.9 Å². The lowest BCUT2D eigenvalue weighted by Gasteiger charge is -2.15. The minimum absolute atomic E-state index is 0.0276. The van der Waals surface area contributed by atoms with E-state index >= 15 is 0 Å². The lowest BCUT2D eigenvalue weighted by Crippen LogP contribution is -2.17. The fourth-order valence-electron chi connectivity index (χ4n) is 3.77. The van der Waals surface area contributed by atoms with Crippen LogP contribution in [0.1, 0.15) is 58.3 Å². The summed E-state index contributed by atoms with van der Waals surface area (Å²) in [7, 11) is 0. The summed E-state index contributed by atoms with van der Waals surface area (Å²) in [5.74, 6) is 0.217. The van der Waals surface area contributed by atoms with Gasteiger partial charge in [0, 0.05) is 24.9 Å². The number of halogens is 1. The van der Waals surface area contributed by atoms with Gasteiger partial charge in [-0.2, -0.15) is 0 Å². The highest BCUT2D eigenvalue weighted by molar-refractivity contribution is 5.19. The van der Waals surface area contributed by atoms with Gasteiger partial charge in [-0.3, -0.25) is 0 Å². The predicted molar refractivity (Wildman–Crippen MR) is 95.7 cm³/mol. The van der Waals surface area contributed by atoms with Crippen molar-refractivity contribution in [3.05, 3.63) is 24.0 Å². The number of aliphatic hydroxyl groups is 3. The molecular weight excluding hydrogens is 323 g/mol. The van der Waals surface area contributed by atoms with Crippen molar-refractivity contribution in [1.29, 1.82) is 0 Å². The summed E-state index contributed by atoms with van der Waals surface area (Å²) in [5.41, 5.74) is 0. The molecule has 0 unspecified atom stereocenters. The molecule has 0 radical (unpaired) electrons. The lowest BCUT2D eigenvalue weighted by atomic mass is 9.92. The standard InChI is InChI=1S/C20H33FO4/c1-2-3-4-7-14(23)9-10-15-16-12-20(17(21)8-5-6-11-22)25-19(16)13-18(15)24/h9-10,12,14-19,22-24H,2-8,11,13H2,1H3/b10-9+/t14-,15+,16+,17-,18+,19-/m0/s1. The Labute approximate surface area is 150 Å². The number of hydrogen-bond acceptors (Lipinski definition) is 4. The van der Waals surface area contributed by atoms with E-state index in [1.54, 1.807) is 6.08 Å². The summed E-state index contributed by atoms with van der Waals surface area (Å²) in [6, 6.07) is 0. The van der Waals surface area contributed by atoms with Gasteiger partial charge in [0.2, 0.25) is 0 Å². The van der Waals surface area contributed by atoms with Crippen molar-refractivity contribution in [2.45, 2.75) is 82.8 Å². The van der Waals surface area contributed by atoms with Gasteiger partial charge in [0.05, 0.1) is 12.2 Å². The minimum Gasteiger partial charge on any atom is -0.491 e. The number of alkyl halides is 1. The van der Waals surface area contributed by atoms with E-state index in [0.717, 1.165) is 25.7 Å². The van der Waals surface area contributed by atoms with Crippen LogP contribution in [0.25, 0.3) is 0 Å². The molecule has 1 heterocycles. The summed E-state index contributed by atoms with van der Waals surface area (Å²) in [6.07, 6.45) is 9.18. The largest absolute Gasteiger partial charge is 0.491 e. The summed E-state index contributed by atoms with van der Waals surface area (Å²) >= 11 is 0. The summed E-state index contributed by atoms with van der Waals surface area (Å²) in [5, 5.41) is 29.1. The fourth-order valence-corrected chi connectivity index (χ4v) is 3.77. The van der Waals surface area contributed by atoms with Gasteiger partial charge < -0.3 is 20.1 Å². The molecule has 1 fully saturated rings. The molecule has 0 spiro atoms. The fraction of sp³-hybridized carbons (Fsp3) is 0.800. The Kier molecular flexibility index (Phi) is 8.40. The summed E-state index contributed by atoms with van der Waals surface area (Å²) < 4.78 is 20.0. The second-order valence-corrected chi connectivity index (χ2v) is 7.32. The Morgan fingerprint density at radius 3 is 2.76 bits per heavy atom. The minimum atomic E-state index is -1.14. The number of fused-ring (bicyclic) bond motifs is 1. The molecule has 1 saturated carbocycles. The smallest absolute Gasteiger partial charge is 0.157 e. The Balaban J connectivity index is 1.89. The van der Waals surface area contributed by atoms with Gasteiger partial charge in [-0.25, -0.2) is 4.39 Å². The number of rotatable bonds is 11. The van der Waals surface area contributed by atoms with Crippen molar-refractivity contribution < 1.29 is 24.4 Å². The van der Waals surface area contributed by atoms with E-state index < -0.39 is 18.4 Å². The number of ether oxygens (including phenoxy) is 1. The van der Waals surface area contributed by atoms with Crippen molar-refractivity contribution in [3.63, 3.8) is 0 Å². The first kappa shape index (κ1) is 20.4. The molecule has 2 aliphatic rings. The van der Waals surface area contributed by atoms with E-state index in [0.29, 0.717) is 31.4 Å². The van der Waals surface area contributed by atoms with Crippen LogP contribution in [0.2, 0.25) is 0 Å². The zero-order chi connectivity index (χ0) is 18.2. The molecule has 0 saturated heterocycles. The van der Waals surface area contributed by atoms with Crippen LogP contribution < -0.4 is 0 Å². The SMILES string of the molecule is CCCCC[C@H](O)/C=C/[C@@H]1[C@H]2C=C([C@@H](F)CCCCO)O[C@H]2C[C@H]1O. The van der Waals surface area contributed by atoms with Crippen molar-refractivity contribution in [1.82, 2.24) is 0 Å². The highest BCUT2D eigenvalue weighted by Crippen LogP contribution is 2.43. The van der Waals surface area contributed by atoms with Gasteiger partial charge in [-0.1, -0.05) is 38.3 Å². The first-order valence-electron chi connectivity index (χ1n) is 9.74. The molecule has 144 valence electrons. The van der Waals surface area contributed by atoms with Crippen LogP contribution in [0, 0.1) is 11.8 Å². The molecule has 25 heavy (non-hydrogen) atoms. The van der Waals surface area contributed by atoms with Crippen LogP contribution in [0.15, 0.2) is 24.0 Å². The molecule has 4 nitrogen and oxygen atoms in total. The first-order valence-corrected chi connectivity index (χ1v) is 9.74. The Bertz CT molecular complexity index is 451. The molecule has 0 aromatic carbocycles. The van der Waals surface area contributed by atoms with E-state index in [2.05, 4.69) is 6.92 Å². The van der Waals surface area contributed by atoms with E-state index in [-0.39, 0.29) is 24.5 Å². The van der Waals surface area contributed by atoms with Crippen LogP contribution >= 0.6 is 0 Å². The van der Waals surface area contributed by atoms with Gasteiger partial charge in [-0.15, -0.1) is 0 Å². The van der Waals surface area contributed by atoms with Crippen molar-refractivity contribution in [3.8, 4) is 0 Å². The molecule has 1 aliphatic carbocycles. The van der Waals surface area contributed by atoms with E-state index in [1.165, 1.54) is 0 Å². The molecule has 5 heteroatoms. The average Bonchev–Trinajstić information content (AvgIpc) is 3.11. The van der Waals surface area contributed by atoms with Gasteiger partial charge in [-0.05, 0) is 31.8 Å². The predicted octanol–water partition coefficient (Wildman–Crippen LogP) is 3.26. The van der Waals surface area contributed by atoms with Gasteiger partial charge in [0.25, 0.3) is 0 Å². The number of aliphatic hydroxyl groups excluding tert-OH is 3. The van der Waals surface area contributed by atoms with Crippen molar-refractivity contribution in [2.75, 3.05) is 6.61 Å². The third-order valence-electron chi connectivity index (χ3n) is 5.27. The molecule has 1 aliphatic heterocycles. The quantitative estimate of drug-likeness (QED) is 0.393. The maximum Gasteiger partial charge on any atom is 0.157 e. The number of allylic oxidation sites excluding steroid dienone is 1. The molecule has 3 N–H and O–H groups in total. The summed E-state index contributed by atoms with van der Waals surface area (Å²) in [6.45, 7) is 2.21. The van der Waals surface area contributed by atoms with Gasteiger partial charge >= 0.3 is 0 Å². The highest BCUT2D eigenvalue weighted by atomic mass is 19.1. The van der Waals surface area contributed by atoms with Crippen LogP contribution in [-0.4, -0.2) is 46.4 Å². The Morgan fingerprint density at radius 1 is 1.28 bits per heavy atom. The molecule has 0 aromatic rings. The topological polar surface area (TPSA) is 69.9 Å². The van der Waals surface area contributed by atoms with Crippen LogP contribution in [0.5, 0.6) is 0 Å².